The van der Waals surface area contributed by atoms with Crippen LogP contribution in [0.4, 0.5) is 0 Å². The lowest BCUT2D eigenvalue weighted by molar-refractivity contribution is -0.0447. The summed E-state index contributed by atoms with van der Waals surface area (Å²) in [5.41, 5.74) is 0. The number of nitrogens with zero attached hydrogens (tertiary/aromatic N) is 2. The first kappa shape index (κ1) is 17.5. The van der Waals surface area contributed by atoms with Gasteiger partial charge in [-0.1, -0.05) is 5.92 Å². The number of ether oxygens (including phenoxy) is 2. The number of methoxy groups -OCH3 is 1. The topological polar surface area (TPSA) is 46.1 Å². The zero-order valence-corrected chi connectivity index (χ0v) is 13.3. The molecule has 0 aromatic heterocycles. The van der Waals surface area contributed by atoms with Crippen molar-refractivity contribution in [1.82, 2.24) is 10.2 Å². The molecule has 18 heavy (non-hydrogen) atoms. The average molecular weight is 367 g/mol. The molecule has 1 atom stereocenters. The Morgan fingerprint density at radius 1 is 1.67 bits per heavy atom. The molecule has 1 N–H and O–H groups in total. The van der Waals surface area contributed by atoms with Crippen molar-refractivity contribution >= 4 is 29.9 Å². The lowest BCUT2D eigenvalue weighted by Gasteiger charge is -2.34. The van der Waals surface area contributed by atoms with Crippen LogP contribution in [0, 0.1) is 12.3 Å². The second-order valence-corrected chi connectivity index (χ2v) is 3.77. The minimum Gasteiger partial charge on any atom is -0.382 e. The van der Waals surface area contributed by atoms with Gasteiger partial charge in [-0.15, -0.1) is 30.4 Å². The van der Waals surface area contributed by atoms with Gasteiger partial charge in [0.2, 0.25) is 0 Å². The van der Waals surface area contributed by atoms with E-state index < -0.39 is 0 Å². The normalized spacial score (nSPS) is 19.9. The van der Waals surface area contributed by atoms with E-state index in [1.807, 2.05) is 6.92 Å². The molecule has 0 spiro atoms. The van der Waals surface area contributed by atoms with Gasteiger partial charge in [-0.3, -0.25) is 0 Å². The standard InChI is InChI=1S/C12H21N3O2.HI/c1-4-6-14-12(13-5-2)15-7-8-17-11(9-15)10-16-3;/h1,11H,5-10H2,2-3H3,(H,13,14);1H. The molecule has 1 unspecified atom stereocenters. The average Bonchev–Trinajstić information content (AvgIpc) is 2.35. The first-order valence-electron chi connectivity index (χ1n) is 5.89. The first-order chi connectivity index (χ1) is 8.31. The molecule has 1 aliphatic rings. The molecule has 0 radical (unpaired) electrons. The summed E-state index contributed by atoms with van der Waals surface area (Å²) < 4.78 is 10.7. The lowest BCUT2D eigenvalue weighted by atomic mass is 10.3. The van der Waals surface area contributed by atoms with Crippen molar-refractivity contribution < 1.29 is 9.47 Å². The second kappa shape index (κ2) is 10.4. The van der Waals surface area contributed by atoms with E-state index in [1.54, 1.807) is 7.11 Å². The van der Waals surface area contributed by atoms with Crippen molar-refractivity contribution in [1.29, 1.82) is 0 Å². The minimum atomic E-state index is 0. The summed E-state index contributed by atoms with van der Waals surface area (Å²) in [7, 11) is 1.68. The van der Waals surface area contributed by atoms with Crippen LogP contribution < -0.4 is 5.32 Å². The van der Waals surface area contributed by atoms with E-state index in [0.717, 1.165) is 25.6 Å². The van der Waals surface area contributed by atoms with E-state index in [1.165, 1.54) is 0 Å². The van der Waals surface area contributed by atoms with Crippen LogP contribution in [0.2, 0.25) is 0 Å². The van der Waals surface area contributed by atoms with Crippen molar-refractivity contribution in [2.75, 3.05) is 46.5 Å². The molecule has 1 aliphatic heterocycles. The highest BCUT2D eigenvalue weighted by Crippen LogP contribution is 2.05. The van der Waals surface area contributed by atoms with E-state index in [4.69, 9.17) is 15.9 Å². The van der Waals surface area contributed by atoms with Gasteiger partial charge in [0.25, 0.3) is 0 Å². The Balaban J connectivity index is 0.00000289. The second-order valence-electron chi connectivity index (χ2n) is 3.77. The molecule has 0 amide bonds. The fraction of sp³-hybridized carbons (Fsp3) is 0.750. The van der Waals surface area contributed by atoms with Crippen LogP contribution in [0.3, 0.4) is 0 Å². The molecule has 0 aliphatic carbocycles. The van der Waals surface area contributed by atoms with Gasteiger partial charge in [0.05, 0.1) is 19.3 Å². The number of rotatable bonds is 4. The molecule has 1 rings (SSSR count). The number of aliphatic imine (C=N–C) groups is 1. The highest BCUT2D eigenvalue weighted by Gasteiger charge is 2.22. The summed E-state index contributed by atoms with van der Waals surface area (Å²) in [6, 6.07) is 0. The minimum absolute atomic E-state index is 0. The van der Waals surface area contributed by atoms with Crippen LogP contribution in [0.5, 0.6) is 0 Å². The van der Waals surface area contributed by atoms with E-state index >= 15 is 0 Å². The van der Waals surface area contributed by atoms with E-state index in [-0.39, 0.29) is 30.1 Å². The molecule has 104 valence electrons. The number of hydrogen-bond donors (Lipinski definition) is 1. The SMILES string of the molecule is C#CCN=C(NCC)N1CCOC(COC)C1.I. The summed E-state index contributed by atoms with van der Waals surface area (Å²) >= 11 is 0. The number of terminal acetylenes is 1. The number of halogens is 1. The van der Waals surface area contributed by atoms with Gasteiger partial charge in [0.15, 0.2) is 5.96 Å². The summed E-state index contributed by atoms with van der Waals surface area (Å²) in [4.78, 5) is 6.51. The molecule has 6 heteroatoms. The molecule has 1 heterocycles. The van der Waals surface area contributed by atoms with E-state index in [9.17, 15) is 0 Å². The van der Waals surface area contributed by atoms with Gasteiger partial charge in [-0.25, -0.2) is 4.99 Å². The van der Waals surface area contributed by atoms with Crippen molar-refractivity contribution in [3.05, 3.63) is 0 Å². The van der Waals surface area contributed by atoms with Crippen LogP contribution in [0.15, 0.2) is 4.99 Å². The predicted molar refractivity (Wildman–Crippen MR) is 83.4 cm³/mol. The van der Waals surface area contributed by atoms with Crippen molar-refractivity contribution in [3.8, 4) is 12.3 Å². The van der Waals surface area contributed by atoms with Gasteiger partial charge in [-0.2, -0.15) is 0 Å². The number of nitrogens with one attached hydrogen (secondary N) is 1. The van der Waals surface area contributed by atoms with Gasteiger partial charge < -0.3 is 19.7 Å². The van der Waals surface area contributed by atoms with Gasteiger partial charge in [-0.05, 0) is 6.92 Å². The number of guanidine groups is 1. The molecule has 0 bridgehead atoms. The highest BCUT2D eigenvalue weighted by atomic mass is 127. The third-order valence-electron chi connectivity index (χ3n) is 2.45. The molecule has 5 nitrogen and oxygen atoms in total. The van der Waals surface area contributed by atoms with E-state index in [2.05, 4.69) is 21.1 Å². The Morgan fingerprint density at radius 2 is 2.44 bits per heavy atom. The van der Waals surface area contributed by atoms with Crippen LogP contribution in [0.25, 0.3) is 0 Å². The molecule has 0 aromatic rings. The highest BCUT2D eigenvalue weighted by molar-refractivity contribution is 14.0. The predicted octanol–water partition coefficient (Wildman–Crippen LogP) is 0.550. The monoisotopic (exact) mass is 367 g/mol. The molecule has 1 saturated heterocycles. The Bertz CT molecular complexity index is 290. The van der Waals surface area contributed by atoms with Crippen LogP contribution in [0.1, 0.15) is 6.92 Å². The maximum Gasteiger partial charge on any atom is 0.195 e. The number of hydrogen-bond acceptors (Lipinski definition) is 3. The fourth-order valence-electron chi connectivity index (χ4n) is 1.74. The molecular formula is C12H22IN3O2. The molecular weight excluding hydrogens is 345 g/mol. The van der Waals surface area contributed by atoms with E-state index in [0.29, 0.717) is 19.8 Å². The quantitative estimate of drug-likeness (QED) is 0.341. The first-order valence-corrected chi connectivity index (χ1v) is 5.89. The van der Waals surface area contributed by atoms with Crippen molar-refractivity contribution in [2.24, 2.45) is 4.99 Å². The summed E-state index contributed by atoms with van der Waals surface area (Å²) in [5, 5.41) is 3.23. The third-order valence-corrected chi connectivity index (χ3v) is 2.45. The maximum atomic E-state index is 5.59. The summed E-state index contributed by atoms with van der Waals surface area (Å²) in [6.45, 7) is 6.17. The molecule has 0 saturated carbocycles. The zero-order chi connectivity index (χ0) is 12.5. The largest absolute Gasteiger partial charge is 0.382 e. The van der Waals surface area contributed by atoms with Crippen molar-refractivity contribution in [3.63, 3.8) is 0 Å². The van der Waals surface area contributed by atoms with Crippen LogP contribution in [-0.2, 0) is 9.47 Å². The van der Waals surface area contributed by atoms with Crippen molar-refractivity contribution in [2.45, 2.75) is 13.0 Å². The molecule has 1 fully saturated rings. The Hall–Kier alpha value is -0.520. The van der Waals surface area contributed by atoms with Crippen LogP contribution >= 0.6 is 24.0 Å². The Labute approximate surface area is 126 Å². The van der Waals surface area contributed by atoms with Gasteiger partial charge in [0, 0.05) is 26.7 Å². The van der Waals surface area contributed by atoms with Crippen LogP contribution in [-0.4, -0.2) is 63.5 Å². The van der Waals surface area contributed by atoms with Gasteiger partial charge >= 0.3 is 0 Å². The smallest absolute Gasteiger partial charge is 0.195 e. The fourth-order valence-corrected chi connectivity index (χ4v) is 1.74. The summed E-state index contributed by atoms with van der Waals surface area (Å²) in [6.07, 6.45) is 5.33. The number of morpholine rings is 1. The third kappa shape index (κ3) is 5.89. The maximum absolute atomic E-state index is 5.59. The zero-order valence-electron chi connectivity index (χ0n) is 11.0. The Morgan fingerprint density at radius 3 is 3.06 bits per heavy atom. The van der Waals surface area contributed by atoms with Gasteiger partial charge in [0.1, 0.15) is 6.54 Å². The molecule has 0 aromatic carbocycles. The summed E-state index contributed by atoms with van der Waals surface area (Å²) in [5.74, 6) is 3.38. The Kier molecular flexibility index (Phi) is 10.1. The lowest BCUT2D eigenvalue weighted by Crippen LogP contribution is -2.51.